The first-order chi connectivity index (χ1) is 5.72. The molecule has 0 heterocycles. The van der Waals surface area contributed by atoms with Crippen molar-refractivity contribution in [3.63, 3.8) is 0 Å². The molecule has 0 aromatic rings. The molecule has 0 aliphatic heterocycles. The Morgan fingerprint density at radius 1 is 1.64 bits per heavy atom. The minimum absolute atomic E-state index is 0. The summed E-state index contributed by atoms with van der Waals surface area (Å²) in [6.07, 6.45) is 0. The molecule has 0 aliphatic rings. The molecule has 78 valence electrons. The number of hydrogen-bond acceptors (Lipinski definition) is 4. The van der Waals surface area contributed by atoms with E-state index in [1.807, 2.05) is 0 Å². The zero-order valence-corrected chi connectivity index (χ0v) is 7.69. The van der Waals surface area contributed by atoms with Crippen LogP contribution in [0, 0.1) is 5.41 Å². The molecule has 0 radical (unpaired) electrons. The fourth-order valence-corrected chi connectivity index (χ4v) is 0.763. The van der Waals surface area contributed by atoms with Crippen LogP contribution in [0.2, 0.25) is 0 Å². The van der Waals surface area contributed by atoms with Crippen molar-refractivity contribution in [1.82, 2.24) is 4.90 Å². The van der Waals surface area contributed by atoms with Crippen molar-refractivity contribution in [1.29, 1.82) is 5.41 Å². The molecule has 0 amide bonds. The molecule has 0 unspecified atom stereocenters. The van der Waals surface area contributed by atoms with Gasteiger partial charge in [0, 0.05) is 7.05 Å². The topological polar surface area (TPSA) is 137 Å². The molecule has 0 atom stereocenters. The van der Waals surface area contributed by atoms with Gasteiger partial charge in [0.05, 0.1) is 0 Å². The first-order valence-electron chi connectivity index (χ1n) is 3.05. The summed E-state index contributed by atoms with van der Waals surface area (Å²) in [5.41, 5.74) is 4.96. The number of rotatable bonds is 3. The number of carbonyl (C=O) groups is 1. The van der Waals surface area contributed by atoms with Crippen LogP contribution in [-0.4, -0.2) is 69.8 Å². The average molecular weight is 235 g/mol. The van der Waals surface area contributed by atoms with E-state index in [1.54, 1.807) is 0 Å². The average Bonchev–Trinajstić information content (AvgIpc) is 1.81. The van der Waals surface area contributed by atoms with Crippen LogP contribution in [0.3, 0.4) is 0 Å². The van der Waals surface area contributed by atoms with Crippen molar-refractivity contribution in [2.24, 2.45) is 5.73 Å². The SMILES string of the molecule is CN(CC(=O)OP(=O)(O)O)C(=N)N.[NaH]. The van der Waals surface area contributed by atoms with Gasteiger partial charge in [-0.15, -0.1) is 0 Å². The number of nitrogens with two attached hydrogens (primary N) is 1. The van der Waals surface area contributed by atoms with Crippen molar-refractivity contribution in [3.8, 4) is 0 Å². The van der Waals surface area contributed by atoms with Crippen molar-refractivity contribution in [2.75, 3.05) is 13.6 Å². The van der Waals surface area contributed by atoms with E-state index >= 15 is 0 Å². The first-order valence-corrected chi connectivity index (χ1v) is 4.58. The molecule has 0 aliphatic carbocycles. The van der Waals surface area contributed by atoms with Gasteiger partial charge in [-0.2, -0.15) is 0 Å². The van der Waals surface area contributed by atoms with Crippen LogP contribution in [-0.2, 0) is 13.9 Å². The first kappa shape index (κ1) is 16.3. The summed E-state index contributed by atoms with van der Waals surface area (Å²) in [5.74, 6) is -1.55. The molecule has 0 fully saturated rings. The zero-order chi connectivity index (χ0) is 10.6. The second-order valence-electron chi connectivity index (χ2n) is 2.20. The van der Waals surface area contributed by atoms with Crippen molar-refractivity contribution in [2.45, 2.75) is 0 Å². The Balaban J connectivity index is 0. The summed E-state index contributed by atoms with van der Waals surface area (Å²) in [6, 6.07) is 0. The zero-order valence-electron chi connectivity index (χ0n) is 6.80. The van der Waals surface area contributed by atoms with Gasteiger partial charge >= 0.3 is 43.3 Å². The Bertz CT molecular complexity index is 266. The van der Waals surface area contributed by atoms with Gasteiger partial charge < -0.3 is 15.2 Å². The van der Waals surface area contributed by atoms with Gasteiger partial charge in [0.1, 0.15) is 6.54 Å². The standard InChI is InChI=1S/C4H10N3O5P.Na.H/c1-7(4(5)6)2-3(8)12-13(9,10)11;;/h2H2,1H3,(H3,5,6)(H2,9,10,11);;. The van der Waals surface area contributed by atoms with Crippen molar-refractivity contribution in [3.05, 3.63) is 0 Å². The normalized spacial score (nSPS) is 9.93. The van der Waals surface area contributed by atoms with Crippen molar-refractivity contribution < 1.29 is 23.7 Å². The summed E-state index contributed by atoms with van der Waals surface area (Å²) >= 11 is 0. The summed E-state index contributed by atoms with van der Waals surface area (Å²) in [6.45, 7) is -0.486. The number of likely N-dealkylation sites (N-methyl/N-ethyl adjacent to an activating group) is 1. The number of phosphoric ester groups is 1. The molecule has 0 saturated heterocycles. The third-order valence-corrected chi connectivity index (χ3v) is 1.44. The third-order valence-electron chi connectivity index (χ3n) is 0.998. The molecular weight excluding hydrogens is 224 g/mol. The number of carbonyl (C=O) groups excluding carboxylic acids is 1. The Morgan fingerprint density at radius 3 is 2.36 bits per heavy atom. The van der Waals surface area contributed by atoms with Crippen LogP contribution < -0.4 is 5.73 Å². The van der Waals surface area contributed by atoms with E-state index < -0.39 is 26.3 Å². The molecular formula is C4H11N3NaO5P. The number of nitrogens with zero attached hydrogens (tertiary/aromatic N) is 1. The molecule has 10 heteroatoms. The number of nitrogens with one attached hydrogen (secondary N) is 1. The molecule has 0 aromatic heterocycles. The molecule has 0 saturated carbocycles. The summed E-state index contributed by atoms with van der Waals surface area (Å²) in [5, 5.41) is 6.83. The van der Waals surface area contributed by atoms with Gasteiger partial charge in [-0.3, -0.25) is 15.2 Å². The van der Waals surface area contributed by atoms with Crippen LogP contribution in [0.4, 0.5) is 0 Å². The Labute approximate surface area is 102 Å². The summed E-state index contributed by atoms with van der Waals surface area (Å²) < 4.78 is 13.8. The predicted molar refractivity (Wildman–Crippen MR) is 49.8 cm³/mol. The quantitative estimate of drug-likeness (QED) is 0.188. The van der Waals surface area contributed by atoms with E-state index in [1.165, 1.54) is 7.05 Å². The van der Waals surface area contributed by atoms with Gasteiger partial charge in [-0.05, 0) is 0 Å². The fraction of sp³-hybridized carbons (Fsp3) is 0.500. The van der Waals surface area contributed by atoms with Crippen LogP contribution in [0.25, 0.3) is 0 Å². The maximum atomic E-state index is 10.7. The van der Waals surface area contributed by atoms with Crippen molar-refractivity contribution >= 4 is 49.3 Å². The molecule has 5 N–H and O–H groups in total. The van der Waals surface area contributed by atoms with E-state index in [-0.39, 0.29) is 29.6 Å². The van der Waals surface area contributed by atoms with E-state index in [9.17, 15) is 9.36 Å². The Hall–Kier alpha value is -0.110. The van der Waals surface area contributed by atoms with Crippen LogP contribution in [0.5, 0.6) is 0 Å². The number of phosphoric acid groups is 1. The van der Waals surface area contributed by atoms with Gasteiger partial charge in [0.2, 0.25) is 0 Å². The third kappa shape index (κ3) is 8.49. The van der Waals surface area contributed by atoms with Gasteiger partial charge in [-0.1, -0.05) is 0 Å². The van der Waals surface area contributed by atoms with E-state index in [0.717, 1.165) is 4.90 Å². The molecule has 0 rings (SSSR count). The van der Waals surface area contributed by atoms with E-state index in [2.05, 4.69) is 4.52 Å². The maximum absolute atomic E-state index is 10.7. The van der Waals surface area contributed by atoms with Crippen LogP contribution >= 0.6 is 7.82 Å². The van der Waals surface area contributed by atoms with E-state index in [4.69, 9.17) is 20.9 Å². The minimum atomic E-state index is -4.80. The monoisotopic (exact) mass is 235 g/mol. The second kappa shape index (κ2) is 6.39. The molecule has 0 bridgehead atoms. The molecule has 14 heavy (non-hydrogen) atoms. The molecule has 8 nitrogen and oxygen atoms in total. The van der Waals surface area contributed by atoms with Gasteiger partial charge in [0.15, 0.2) is 5.96 Å². The molecule has 0 aromatic carbocycles. The Morgan fingerprint density at radius 2 is 2.07 bits per heavy atom. The van der Waals surface area contributed by atoms with E-state index in [0.29, 0.717) is 0 Å². The van der Waals surface area contributed by atoms with Gasteiger partial charge in [-0.25, -0.2) is 9.36 Å². The van der Waals surface area contributed by atoms with Crippen LogP contribution in [0.1, 0.15) is 0 Å². The number of guanidine groups is 1. The summed E-state index contributed by atoms with van der Waals surface area (Å²) in [4.78, 5) is 28.0. The summed E-state index contributed by atoms with van der Waals surface area (Å²) in [7, 11) is -3.49. The second-order valence-corrected chi connectivity index (χ2v) is 3.36. The molecule has 0 spiro atoms. The van der Waals surface area contributed by atoms with Crippen LogP contribution in [0.15, 0.2) is 0 Å². The Kier molecular flexibility index (Phi) is 7.45. The fourth-order valence-electron chi connectivity index (χ4n) is 0.440. The predicted octanol–water partition coefficient (Wildman–Crippen LogP) is -2.20. The van der Waals surface area contributed by atoms with Gasteiger partial charge in [0.25, 0.3) is 0 Å². The number of hydrogen-bond donors (Lipinski definition) is 4.